The Labute approximate surface area is 102 Å². The van der Waals surface area contributed by atoms with Gasteiger partial charge in [-0.1, -0.05) is 13.8 Å². The zero-order valence-corrected chi connectivity index (χ0v) is 10.7. The van der Waals surface area contributed by atoms with Crippen LogP contribution in [0.25, 0.3) is 0 Å². The summed E-state index contributed by atoms with van der Waals surface area (Å²) in [6.07, 6.45) is 2.07. The quantitative estimate of drug-likeness (QED) is 0.810. The fourth-order valence-electron chi connectivity index (χ4n) is 1.71. The number of carbonyl (C=O) groups excluding carboxylic acids is 1. The number of hydrogen-bond acceptors (Lipinski definition) is 3. The Bertz CT molecular complexity index is 362. The normalized spacial score (nSPS) is 19.6. The summed E-state index contributed by atoms with van der Waals surface area (Å²) in [6.45, 7) is 6.48. The summed E-state index contributed by atoms with van der Waals surface area (Å²) in [5.74, 6) is -0.0283. The van der Waals surface area contributed by atoms with Crippen LogP contribution < -0.4 is 4.90 Å². The van der Waals surface area contributed by atoms with Crippen molar-refractivity contribution in [1.29, 1.82) is 0 Å². The van der Waals surface area contributed by atoms with E-state index in [1.807, 2.05) is 32.9 Å². The van der Waals surface area contributed by atoms with Gasteiger partial charge in [-0.3, -0.25) is 9.78 Å². The van der Waals surface area contributed by atoms with Gasteiger partial charge in [-0.05, 0) is 25.5 Å². The minimum atomic E-state index is -0.479. The number of carbonyl (C=O) groups is 1. The largest absolute Gasteiger partial charge is 0.393 e. The summed E-state index contributed by atoms with van der Waals surface area (Å²) < 4.78 is 0. The van der Waals surface area contributed by atoms with E-state index in [2.05, 4.69) is 4.98 Å². The van der Waals surface area contributed by atoms with Crippen LogP contribution >= 0.6 is 0 Å². The van der Waals surface area contributed by atoms with Crippen LogP contribution in [0.4, 0.5) is 5.69 Å². The van der Waals surface area contributed by atoms with E-state index in [0.717, 1.165) is 11.4 Å². The van der Waals surface area contributed by atoms with E-state index in [-0.39, 0.29) is 12.3 Å². The lowest BCUT2D eigenvalue weighted by molar-refractivity contribution is -0.122. The van der Waals surface area contributed by atoms with Crippen molar-refractivity contribution < 1.29 is 9.90 Å². The first kappa shape index (κ1) is 13.6. The molecule has 2 rings (SSSR count). The molecule has 1 aliphatic heterocycles. The van der Waals surface area contributed by atoms with Gasteiger partial charge in [0.05, 0.1) is 24.4 Å². The van der Waals surface area contributed by atoms with E-state index in [0.29, 0.717) is 13.0 Å². The number of rotatable bonds is 1. The highest BCUT2D eigenvalue weighted by atomic mass is 16.3. The first-order valence-electron chi connectivity index (χ1n) is 6.08. The Morgan fingerprint density at radius 3 is 2.65 bits per heavy atom. The van der Waals surface area contributed by atoms with Gasteiger partial charge in [0.2, 0.25) is 5.91 Å². The van der Waals surface area contributed by atoms with Crippen molar-refractivity contribution in [2.75, 3.05) is 11.4 Å². The van der Waals surface area contributed by atoms with Crippen LogP contribution in [0.2, 0.25) is 0 Å². The Hall–Kier alpha value is -1.42. The van der Waals surface area contributed by atoms with Crippen molar-refractivity contribution in [3.8, 4) is 0 Å². The molecule has 1 aliphatic rings. The van der Waals surface area contributed by atoms with Crippen LogP contribution in [0.1, 0.15) is 32.4 Å². The molecule has 4 nitrogen and oxygen atoms in total. The second kappa shape index (κ2) is 6.35. The molecule has 0 aromatic carbocycles. The summed E-state index contributed by atoms with van der Waals surface area (Å²) in [4.78, 5) is 17.5. The SMILES string of the molecule is CC.Cc1ccc(N2CCC(O)CC2=O)cn1. The van der Waals surface area contributed by atoms with Crippen LogP contribution in [-0.4, -0.2) is 28.6 Å². The van der Waals surface area contributed by atoms with Crippen LogP contribution in [-0.2, 0) is 4.79 Å². The smallest absolute Gasteiger partial charge is 0.229 e. The molecule has 0 spiro atoms. The van der Waals surface area contributed by atoms with E-state index in [1.165, 1.54) is 0 Å². The number of nitrogens with zero attached hydrogens (tertiary/aromatic N) is 2. The van der Waals surface area contributed by atoms with Crippen LogP contribution in [0.5, 0.6) is 0 Å². The number of aromatic nitrogens is 1. The number of aryl methyl sites for hydroxylation is 1. The van der Waals surface area contributed by atoms with Gasteiger partial charge in [0.15, 0.2) is 0 Å². The highest BCUT2D eigenvalue weighted by Crippen LogP contribution is 2.20. The maximum atomic E-state index is 11.6. The van der Waals surface area contributed by atoms with E-state index in [9.17, 15) is 9.90 Å². The Morgan fingerprint density at radius 1 is 1.41 bits per heavy atom. The molecule has 0 saturated carbocycles. The molecular formula is C13H20N2O2. The van der Waals surface area contributed by atoms with Crippen LogP contribution in [0.3, 0.4) is 0 Å². The van der Waals surface area contributed by atoms with Gasteiger partial charge >= 0.3 is 0 Å². The first-order valence-corrected chi connectivity index (χ1v) is 6.08. The monoisotopic (exact) mass is 236 g/mol. The molecule has 1 fully saturated rings. The van der Waals surface area contributed by atoms with Gasteiger partial charge < -0.3 is 10.0 Å². The minimum absolute atomic E-state index is 0.0283. The van der Waals surface area contributed by atoms with Gasteiger partial charge in [0.1, 0.15) is 0 Å². The molecule has 1 saturated heterocycles. The maximum absolute atomic E-state index is 11.6. The summed E-state index contributed by atoms with van der Waals surface area (Å²) in [5, 5.41) is 9.33. The Balaban J connectivity index is 0.000000686. The first-order chi connectivity index (χ1) is 8.16. The molecular weight excluding hydrogens is 216 g/mol. The van der Waals surface area contributed by atoms with Crippen molar-refractivity contribution in [2.45, 2.75) is 39.7 Å². The van der Waals surface area contributed by atoms with Crippen molar-refractivity contribution in [3.63, 3.8) is 0 Å². The zero-order chi connectivity index (χ0) is 12.8. The summed E-state index contributed by atoms with van der Waals surface area (Å²) in [6, 6.07) is 3.77. The van der Waals surface area contributed by atoms with Gasteiger partial charge in [-0.15, -0.1) is 0 Å². The average molecular weight is 236 g/mol. The van der Waals surface area contributed by atoms with Crippen molar-refractivity contribution in [2.24, 2.45) is 0 Å². The van der Waals surface area contributed by atoms with Crippen LogP contribution in [0, 0.1) is 6.92 Å². The van der Waals surface area contributed by atoms with E-state index < -0.39 is 6.10 Å². The van der Waals surface area contributed by atoms with Crippen molar-refractivity contribution in [1.82, 2.24) is 4.98 Å². The number of hydrogen-bond donors (Lipinski definition) is 1. The molecule has 4 heteroatoms. The molecule has 2 heterocycles. The molecule has 1 N–H and O–H groups in total. The standard InChI is InChI=1S/C11H14N2O2.C2H6/c1-8-2-3-9(7-12-8)13-5-4-10(14)6-11(13)15;1-2/h2-3,7,10,14H,4-6H2,1H3;1-2H3. The minimum Gasteiger partial charge on any atom is -0.393 e. The zero-order valence-electron chi connectivity index (χ0n) is 10.7. The number of amides is 1. The van der Waals surface area contributed by atoms with Gasteiger partial charge in [0.25, 0.3) is 0 Å². The third kappa shape index (κ3) is 3.53. The predicted octanol–water partition coefficient (Wildman–Crippen LogP) is 1.90. The number of pyridine rings is 1. The molecule has 1 aromatic heterocycles. The number of aliphatic hydroxyl groups excluding tert-OH is 1. The predicted molar refractivity (Wildman–Crippen MR) is 67.9 cm³/mol. The van der Waals surface area contributed by atoms with Crippen LogP contribution in [0.15, 0.2) is 18.3 Å². The molecule has 0 aliphatic carbocycles. The average Bonchev–Trinajstić information content (AvgIpc) is 2.33. The molecule has 1 unspecified atom stereocenters. The summed E-state index contributed by atoms with van der Waals surface area (Å²) in [7, 11) is 0. The van der Waals surface area contributed by atoms with E-state index >= 15 is 0 Å². The lowest BCUT2D eigenvalue weighted by Gasteiger charge is -2.29. The third-order valence-corrected chi connectivity index (χ3v) is 2.60. The van der Waals surface area contributed by atoms with E-state index in [4.69, 9.17) is 0 Å². The Morgan fingerprint density at radius 2 is 2.12 bits per heavy atom. The molecule has 17 heavy (non-hydrogen) atoms. The maximum Gasteiger partial charge on any atom is 0.229 e. The Kier molecular flexibility index (Phi) is 5.10. The van der Waals surface area contributed by atoms with Crippen molar-refractivity contribution >= 4 is 11.6 Å². The lowest BCUT2D eigenvalue weighted by Crippen LogP contribution is -2.40. The number of aliphatic hydroxyl groups is 1. The van der Waals surface area contributed by atoms with Gasteiger partial charge in [0, 0.05) is 12.2 Å². The highest BCUT2D eigenvalue weighted by Gasteiger charge is 2.25. The summed E-state index contributed by atoms with van der Waals surface area (Å²) in [5.41, 5.74) is 1.75. The fourth-order valence-corrected chi connectivity index (χ4v) is 1.71. The van der Waals surface area contributed by atoms with Gasteiger partial charge in [-0.2, -0.15) is 0 Å². The van der Waals surface area contributed by atoms with Gasteiger partial charge in [-0.25, -0.2) is 0 Å². The number of piperidine rings is 1. The molecule has 94 valence electrons. The topological polar surface area (TPSA) is 53.4 Å². The number of anilines is 1. The second-order valence-corrected chi connectivity index (χ2v) is 3.85. The fraction of sp³-hybridized carbons (Fsp3) is 0.538. The molecule has 0 bridgehead atoms. The lowest BCUT2D eigenvalue weighted by atomic mass is 10.1. The highest BCUT2D eigenvalue weighted by molar-refractivity contribution is 5.94. The second-order valence-electron chi connectivity index (χ2n) is 3.85. The molecule has 1 aromatic rings. The van der Waals surface area contributed by atoms with Crippen molar-refractivity contribution in [3.05, 3.63) is 24.0 Å². The third-order valence-electron chi connectivity index (χ3n) is 2.60. The van der Waals surface area contributed by atoms with E-state index in [1.54, 1.807) is 11.1 Å². The molecule has 0 radical (unpaired) electrons. The molecule has 1 atom stereocenters. The molecule has 1 amide bonds. The summed E-state index contributed by atoms with van der Waals surface area (Å²) >= 11 is 0.